The molecule has 1 atom stereocenters. The van der Waals surface area contributed by atoms with E-state index in [4.69, 9.17) is 0 Å². The van der Waals surface area contributed by atoms with Crippen molar-refractivity contribution in [3.05, 3.63) is 28.7 Å². The molecule has 0 radical (unpaired) electrons. The fraction of sp³-hybridized carbons (Fsp3) is 0.455. The highest BCUT2D eigenvalue weighted by atomic mass is 79.9. The van der Waals surface area contributed by atoms with Crippen LogP contribution in [0, 0.1) is 5.92 Å². The van der Waals surface area contributed by atoms with Crippen LogP contribution in [0.25, 0.3) is 0 Å². The Labute approximate surface area is 87.7 Å². The minimum absolute atomic E-state index is 0.620. The zero-order chi connectivity index (χ0) is 9.26. The summed E-state index contributed by atoms with van der Waals surface area (Å²) < 4.78 is 1.14. The van der Waals surface area contributed by atoms with Crippen molar-refractivity contribution in [1.82, 2.24) is 0 Å². The van der Waals surface area contributed by atoms with Crippen LogP contribution in [-0.4, -0.2) is 6.04 Å². The molecule has 0 bridgehead atoms. The molecule has 0 aliphatic heterocycles. The Morgan fingerprint density at radius 2 is 2.23 bits per heavy atom. The standard InChI is InChI=1S/C11H14BrN/c1-8(9-5-6-9)13-11-4-2-3-10(12)7-11/h2-4,7-9,13H,5-6H2,1H3. The Bertz CT molecular complexity index is 294. The number of rotatable bonds is 3. The van der Waals surface area contributed by atoms with Gasteiger partial charge in [-0.05, 0) is 43.9 Å². The van der Waals surface area contributed by atoms with Crippen molar-refractivity contribution in [1.29, 1.82) is 0 Å². The van der Waals surface area contributed by atoms with Gasteiger partial charge in [0, 0.05) is 16.2 Å². The van der Waals surface area contributed by atoms with E-state index in [-0.39, 0.29) is 0 Å². The maximum absolute atomic E-state index is 3.51. The average molecular weight is 240 g/mol. The third kappa shape index (κ3) is 2.47. The zero-order valence-electron chi connectivity index (χ0n) is 7.76. The molecule has 1 aliphatic carbocycles. The molecule has 1 aliphatic rings. The molecule has 0 heterocycles. The van der Waals surface area contributed by atoms with Gasteiger partial charge in [0.25, 0.3) is 0 Å². The highest BCUT2D eigenvalue weighted by molar-refractivity contribution is 9.10. The lowest BCUT2D eigenvalue weighted by atomic mass is 10.2. The maximum atomic E-state index is 3.51. The van der Waals surface area contributed by atoms with Crippen LogP contribution >= 0.6 is 15.9 Å². The third-order valence-electron chi connectivity index (χ3n) is 2.55. The molecule has 1 fully saturated rings. The van der Waals surface area contributed by atoms with Crippen LogP contribution in [0.1, 0.15) is 19.8 Å². The molecule has 1 aromatic carbocycles. The van der Waals surface area contributed by atoms with Crippen LogP contribution in [0.3, 0.4) is 0 Å². The molecule has 1 saturated carbocycles. The Hall–Kier alpha value is -0.500. The lowest BCUT2D eigenvalue weighted by molar-refractivity contribution is 0.694. The highest BCUT2D eigenvalue weighted by Crippen LogP contribution is 2.34. The summed E-state index contributed by atoms with van der Waals surface area (Å²) >= 11 is 3.46. The number of nitrogens with one attached hydrogen (secondary N) is 1. The molecule has 70 valence electrons. The minimum atomic E-state index is 0.620. The van der Waals surface area contributed by atoms with Crippen molar-refractivity contribution >= 4 is 21.6 Å². The van der Waals surface area contributed by atoms with Crippen LogP contribution in [0.5, 0.6) is 0 Å². The normalized spacial score (nSPS) is 18.3. The number of hydrogen-bond donors (Lipinski definition) is 1. The first-order chi connectivity index (χ1) is 6.25. The lowest BCUT2D eigenvalue weighted by Crippen LogP contribution is -2.16. The summed E-state index contributed by atoms with van der Waals surface area (Å²) in [4.78, 5) is 0. The van der Waals surface area contributed by atoms with Crippen LogP contribution in [0.4, 0.5) is 5.69 Å². The van der Waals surface area contributed by atoms with E-state index in [2.05, 4.69) is 46.4 Å². The number of benzene rings is 1. The van der Waals surface area contributed by atoms with Crippen molar-refractivity contribution < 1.29 is 0 Å². The van der Waals surface area contributed by atoms with Gasteiger partial charge in [0.05, 0.1) is 0 Å². The van der Waals surface area contributed by atoms with Gasteiger partial charge in [-0.2, -0.15) is 0 Å². The number of anilines is 1. The highest BCUT2D eigenvalue weighted by Gasteiger charge is 2.27. The lowest BCUT2D eigenvalue weighted by Gasteiger charge is -2.14. The predicted octanol–water partition coefficient (Wildman–Crippen LogP) is 3.66. The van der Waals surface area contributed by atoms with Crippen LogP contribution < -0.4 is 5.32 Å². The van der Waals surface area contributed by atoms with Gasteiger partial charge in [0.2, 0.25) is 0 Å². The molecular formula is C11H14BrN. The summed E-state index contributed by atoms with van der Waals surface area (Å²) in [5.41, 5.74) is 1.22. The second-order valence-corrected chi connectivity index (χ2v) is 4.70. The van der Waals surface area contributed by atoms with E-state index < -0.39 is 0 Å². The Morgan fingerprint density at radius 3 is 2.85 bits per heavy atom. The maximum Gasteiger partial charge on any atom is 0.0353 e. The molecule has 2 heteroatoms. The van der Waals surface area contributed by atoms with Gasteiger partial charge >= 0.3 is 0 Å². The molecule has 2 rings (SSSR count). The fourth-order valence-corrected chi connectivity index (χ4v) is 1.95. The summed E-state index contributed by atoms with van der Waals surface area (Å²) in [7, 11) is 0. The van der Waals surface area contributed by atoms with E-state index in [1.165, 1.54) is 18.5 Å². The van der Waals surface area contributed by atoms with Gasteiger partial charge in [-0.3, -0.25) is 0 Å². The van der Waals surface area contributed by atoms with E-state index >= 15 is 0 Å². The Balaban J connectivity index is 2.00. The van der Waals surface area contributed by atoms with Crippen LogP contribution in [0.15, 0.2) is 28.7 Å². The molecule has 1 N–H and O–H groups in total. The molecule has 1 aromatic rings. The van der Waals surface area contributed by atoms with Crippen molar-refractivity contribution in [2.75, 3.05) is 5.32 Å². The zero-order valence-corrected chi connectivity index (χ0v) is 9.34. The van der Waals surface area contributed by atoms with Gasteiger partial charge in [-0.15, -0.1) is 0 Å². The second kappa shape index (κ2) is 3.70. The van der Waals surface area contributed by atoms with E-state index in [0.717, 1.165) is 10.4 Å². The smallest absolute Gasteiger partial charge is 0.0353 e. The fourth-order valence-electron chi connectivity index (χ4n) is 1.56. The van der Waals surface area contributed by atoms with Gasteiger partial charge in [-0.1, -0.05) is 22.0 Å². The molecular weight excluding hydrogens is 226 g/mol. The first-order valence-electron chi connectivity index (χ1n) is 4.78. The van der Waals surface area contributed by atoms with E-state index in [1.807, 2.05) is 6.07 Å². The van der Waals surface area contributed by atoms with Crippen molar-refractivity contribution in [2.24, 2.45) is 5.92 Å². The van der Waals surface area contributed by atoms with Gasteiger partial charge in [0.15, 0.2) is 0 Å². The monoisotopic (exact) mass is 239 g/mol. The summed E-state index contributed by atoms with van der Waals surface area (Å²) in [5.74, 6) is 0.902. The Kier molecular flexibility index (Phi) is 2.58. The van der Waals surface area contributed by atoms with Crippen molar-refractivity contribution in [3.8, 4) is 0 Å². The number of halogens is 1. The SMILES string of the molecule is CC(Nc1cccc(Br)c1)C1CC1. The average Bonchev–Trinajstić information content (AvgIpc) is 2.85. The van der Waals surface area contributed by atoms with E-state index in [9.17, 15) is 0 Å². The van der Waals surface area contributed by atoms with Gasteiger partial charge in [-0.25, -0.2) is 0 Å². The molecule has 13 heavy (non-hydrogen) atoms. The number of hydrogen-bond acceptors (Lipinski definition) is 1. The molecule has 1 nitrogen and oxygen atoms in total. The molecule has 0 amide bonds. The minimum Gasteiger partial charge on any atom is -0.382 e. The van der Waals surface area contributed by atoms with E-state index in [1.54, 1.807) is 0 Å². The third-order valence-corrected chi connectivity index (χ3v) is 3.04. The van der Waals surface area contributed by atoms with E-state index in [0.29, 0.717) is 6.04 Å². The first kappa shape index (κ1) is 9.07. The van der Waals surface area contributed by atoms with Crippen LogP contribution in [-0.2, 0) is 0 Å². The van der Waals surface area contributed by atoms with Gasteiger partial charge in [0.1, 0.15) is 0 Å². The largest absolute Gasteiger partial charge is 0.382 e. The van der Waals surface area contributed by atoms with Crippen LogP contribution in [0.2, 0.25) is 0 Å². The van der Waals surface area contributed by atoms with Crippen molar-refractivity contribution in [2.45, 2.75) is 25.8 Å². The summed E-state index contributed by atoms with van der Waals surface area (Å²) in [5, 5.41) is 3.51. The Morgan fingerprint density at radius 1 is 1.46 bits per heavy atom. The quantitative estimate of drug-likeness (QED) is 0.850. The second-order valence-electron chi connectivity index (χ2n) is 3.78. The summed E-state index contributed by atoms with van der Waals surface area (Å²) in [6.07, 6.45) is 2.78. The molecule has 0 saturated heterocycles. The predicted molar refractivity (Wildman–Crippen MR) is 60.0 cm³/mol. The molecule has 0 aromatic heterocycles. The molecule has 0 spiro atoms. The topological polar surface area (TPSA) is 12.0 Å². The summed E-state index contributed by atoms with van der Waals surface area (Å²) in [6.45, 7) is 2.26. The van der Waals surface area contributed by atoms with Gasteiger partial charge < -0.3 is 5.32 Å². The van der Waals surface area contributed by atoms with Crippen molar-refractivity contribution in [3.63, 3.8) is 0 Å². The summed E-state index contributed by atoms with van der Waals surface area (Å²) in [6, 6.07) is 8.97. The first-order valence-corrected chi connectivity index (χ1v) is 5.57. The molecule has 1 unspecified atom stereocenters.